The number of amides is 1. The van der Waals surface area contributed by atoms with Gasteiger partial charge < -0.3 is 24.6 Å². The van der Waals surface area contributed by atoms with Crippen LogP contribution < -0.4 is 10.1 Å². The molecule has 0 saturated carbocycles. The van der Waals surface area contributed by atoms with E-state index in [1.165, 1.54) is 0 Å². The molecule has 7 nitrogen and oxygen atoms in total. The molecular weight excluding hydrogens is 368 g/mol. The Morgan fingerprint density at radius 1 is 1.17 bits per heavy atom. The summed E-state index contributed by atoms with van der Waals surface area (Å²) in [5.74, 6) is 2.18. The van der Waals surface area contributed by atoms with Crippen molar-refractivity contribution in [2.24, 2.45) is 10.9 Å². The van der Waals surface area contributed by atoms with Gasteiger partial charge in [-0.2, -0.15) is 0 Å². The van der Waals surface area contributed by atoms with E-state index in [4.69, 9.17) is 14.5 Å². The van der Waals surface area contributed by atoms with E-state index >= 15 is 0 Å². The zero-order valence-corrected chi connectivity index (χ0v) is 17.7. The van der Waals surface area contributed by atoms with Crippen LogP contribution in [0.4, 0.5) is 0 Å². The zero-order valence-electron chi connectivity index (χ0n) is 17.7. The van der Waals surface area contributed by atoms with Crippen LogP contribution in [0, 0.1) is 5.92 Å². The molecule has 1 aromatic rings. The summed E-state index contributed by atoms with van der Waals surface area (Å²) in [6.07, 6.45) is 1.74. The first kappa shape index (κ1) is 21.4. The molecule has 2 heterocycles. The third-order valence-corrected chi connectivity index (χ3v) is 5.38. The van der Waals surface area contributed by atoms with Crippen LogP contribution in [0.2, 0.25) is 0 Å². The Labute approximate surface area is 174 Å². The number of likely N-dealkylation sites (tertiary alicyclic amines) is 1. The number of piperidine rings is 1. The van der Waals surface area contributed by atoms with E-state index in [0.29, 0.717) is 25.7 Å². The first-order valence-corrected chi connectivity index (χ1v) is 10.8. The van der Waals surface area contributed by atoms with Crippen LogP contribution in [0.1, 0.15) is 26.7 Å². The van der Waals surface area contributed by atoms with Crippen LogP contribution in [-0.4, -0.2) is 80.3 Å². The number of rotatable bonds is 6. The number of guanidine groups is 1. The van der Waals surface area contributed by atoms with Gasteiger partial charge in [0.1, 0.15) is 11.9 Å². The lowest BCUT2D eigenvalue weighted by molar-refractivity contribution is -0.140. The van der Waals surface area contributed by atoms with Gasteiger partial charge in [0.05, 0.1) is 19.8 Å². The smallest absolute Gasteiger partial charge is 0.225 e. The van der Waals surface area contributed by atoms with Crippen molar-refractivity contribution in [2.75, 3.05) is 52.5 Å². The molecule has 1 aromatic carbocycles. The predicted molar refractivity (Wildman–Crippen MR) is 114 cm³/mol. The van der Waals surface area contributed by atoms with Crippen LogP contribution in [0.3, 0.4) is 0 Å². The van der Waals surface area contributed by atoms with Crippen LogP contribution in [0.5, 0.6) is 5.75 Å². The van der Waals surface area contributed by atoms with Crippen LogP contribution >= 0.6 is 0 Å². The zero-order chi connectivity index (χ0) is 20.5. The lowest BCUT2D eigenvalue weighted by Gasteiger charge is -2.36. The third kappa shape index (κ3) is 6.35. The van der Waals surface area contributed by atoms with Crippen LogP contribution in [-0.2, 0) is 9.53 Å². The highest BCUT2D eigenvalue weighted by Crippen LogP contribution is 2.20. The molecule has 3 rings (SSSR count). The molecule has 160 valence electrons. The van der Waals surface area contributed by atoms with E-state index in [0.717, 1.165) is 57.3 Å². The quantitative estimate of drug-likeness (QED) is 0.582. The maximum absolute atomic E-state index is 12.7. The monoisotopic (exact) mass is 402 g/mol. The Morgan fingerprint density at radius 2 is 1.86 bits per heavy atom. The van der Waals surface area contributed by atoms with E-state index in [2.05, 4.69) is 17.1 Å². The number of para-hydroxylation sites is 1. The largest absolute Gasteiger partial charge is 0.489 e. The number of morpholine rings is 1. The number of hydrogen-bond donors (Lipinski definition) is 1. The first-order chi connectivity index (χ1) is 14.2. The minimum Gasteiger partial charge on any atom is -0.489 e. The van der Waals surface area contributed by atoms with Crippen LogP contribution in [0.15, 0.2) is 35.3 Å². The molecule has 2 saturated heterocycles. The second-order valence-electron chi connectivity index (χ2n) is 7.64. The number of nitrogens with one attached hydrogen (secondary N) is 1. The third-order valence-electron chi connectivity index (χ3n) is 5.38. The Kier molecular flexibility index (Phi) is 8.16. The molecule has 0 aromatic heterocycles. The van der Waals surface area contributed by atoms with Crippen molar-refractivity contribution in [1.29, 1.82) is 0 Å². The molecular formula is C22H34N4O3. The molecule has 2 aliphatic heterocycles. The number of carbonyl (C=O) groups is 1. The fourth-order valence-electron chi connectivity index (χ4n) is 3.79. The standard InChI is InChI=1S/C22H34N4O3/c1-3-23-22(24-17-18(2)29-20-7-5-4-6-8-20)26-11-9-19(10-12-26)21(27)25-13-15-28-16-14-25/h4-8,18-19H,3,9-17H2,1-2H3,(H,23,24). The minimum atomic E-state index is -0.00788. The molecule has 0 radical (unpaired) electrons. The first-order valence-electron chi connectivity index (χ1n) is 10.8. The molecule has 1 unspecified atom stereocenters. The van der Waals surface area contributed by atoms with Crippen molar-refractivity contribution in [1.82, 2.24) is 15.1 Å². The molecule has 0 spiro atoms. The van der Waals surface area contributed by atoms with Gasteiger partial charge in [-0.15, -0.1) is 0 Å². The van der Waals surface area contributed by atoms with Crippen molar-refractivity contribution in [3.63, 3.8) is 0 Å². The second-order valence-corrected chi connectivity index (χ2v) is 7.64. The Balaban J connectivity index is 1.50. The second kappa shape index (κ2) is 11.0. The predicted octanol–water partition coefficient (Wildman–Crippen LogP) is 1.99. The van der Waals surface area contributed by atoms with Gasteiger partial charge >= 0.3 is 0 Å². The number of nitrogens with zero attached hydrogens (tertiary/aromatic N) is 3. The van der Waals surface area contributed by atoms with E-state index in [1.807, 2.05) is 42.2 Å². The molecule has 2 fully saturated rings. The maximum Gasteiger partial charge on any atom is 0.225 e. The van der Waals surface area contributed by atoms with E-state index in [-0.39, 0.29) is 12.0 Å². The number of ether oxygens (including phenoxy) is 2. The summed E-state index contributed by atoms with van der Waals surface area (Å²) in [6, 6.07) is 9.84. The molecule has 29 heavy (non-hydrogen) atoms. The molecule has 1 amide bonds. The van der Waals surface area contributed by atoms with Gasteiger partial charge in [0.25, 0.3) is 0 Å². The van der Waals surface area contributed by atoms with E-state index in [1.54, 1.807) is 0 Å². The number of benzene rings is 1. The Bertz CT molecular complexity index is 653. The van der Waals surface area contributed by atoms with Gasteiger partial charge in [-0.1, -0.05) is 18.2 Å². The summed E-state index contributed by atoms with van der Waals surface area (Å²) in [7, 11) is 0. The highest BCUT2D eigenvalue weighted by Gasteiger charge is 2.30. The average Bonchev–Trinajstić information content (AvgIpc) is 2.77. The van der Waals surface area contributed by atoms with Crippen molar-refractivity contribution in [2.45, 2.75) is 32.8 Å². The molecule has 0 aliphatic carbocycles. The number of carbonyl (C=O) groups excluding carboxylic acids is 1. The molecule has 1 N–H and O–H groups in total. The summed E-state index contributed by atoms with van der Waals surface area (Å²) >= 11 is 0. The van der Waals surface area contributed by atoms with Gasteiger partial charge in [-0.05, 0) is 38.8 Å². The minimum absolute atomic E-state index is 0.00788. The van der Waals surface area contributed by atoms with Crippen molar-refractivity contribution in [3.05, 3.63) is 30.3 Å². The van der Waals surface area contributed by atoms with Crippen molar-refractivity contribution < 1.29 is 14.3 Å². The van der Waals surface area contributed by atoms with E-state index < -0.39 is 0 Å². The summed E-state index contributed by atoms with van der Waals surface area (Å²) in [5.41, 5.74) is 0. The maximum atomic E-state index is 12.7. The summed E-state index contributed by atoms with van der Waals surface area (Å²) in [6.45, 7) is 9.98. The van der Waals surface area contributed by atoms with Gasteiger partial charge in [-0.3, -0.25) is 4.79 Å². The number of aliphatic imine (C=N–C) groups is 1. The van der Waals surface area contributed by atoms with Gasteiger partial charge in [-0.25, -0.2) is 4.99 Å². The van der Waals surface area contributed by atoms with Gasteiger partial charge in [0.2, 0.25) is 5.91 Å². The SMILES string of the molecule is CCNC(=NCC(C)Oc1ccccc1)N1CCC(C(=O)N2CCOCC2)CC1. The highest BCUT2D eigenvalue weighted by molar-refractivity contribution is 5.82. The fraction of sp³-hybridized carbons (Fsp3) is 0.636. The van der Waals surface area contributed by atoms with Crippen molar-refractivity contribution >= 4 is 11.9 Å². The summed E-state index contributed by atoms with van der Waals surface area (Å²) in [4.78, 5) is 21.8. The molecule has 1 atom stereocenters. The molecule has 7 heteroatoms. The lowest BCUT2D eigenvalue weighted by Crippen LogP contribution is -2.50. The number of hydrogen-bond acceptors (Lipinski definition) is 4. The average molecular weight is 403 g/mol. The summed E-state index contributed by atoms with van der Waals surface area (Å²) in [5, 5.41) is 3.39. The Morgan fingerprint density at radius 3 is 2.52 bits per heavy atom. The van der Waals surface area contributed by atoms with Crippen LogP contribution in [0.25, 0.3) is 0 Å². The van der Waals surface area contributed by atoms with Gasteiger partial charge in [0.15, 0.2) is 5.96 Å². The normalized spacial score (nSPS) is 19.7. The summed E-state index contributed by atoms with van der Waals surface area (Å²) < 4.78 is 11.3. The topological polar surface area (TPSA) is 66.4 Å². The highest BCUT2D eigenvalue weighted by atomic mass is 16.5. The van der Waals surface area contributed by atoms with Gasteiger partial charge in [0, 0.05) is 38.6 Å². The molecule has 0 bridgehead atoms. The van der Waals surface area contributed by atoms with Crippen molar-refractivity contribution in [3.8, 4) is 5.75 Å². The fourth-order valence-corrected chi connectivity index (χ4v) is 3.79. The van der Waals surface area contributed by atoms with E-state index in [9.17, 15) is 4.79 Å². The molecule has 2 aliphatic rings. The Hall–Kier alpha value is -2.28. The lowest BCUT2D eigenvalue weighted by atomic mass is 9.95.